The van der Waals surface area contributed by atoms with Crippen LogP contribution in [0.15, 0.2) is 36.5 Å². The Kier molecular flexibility index (Phi) is 4.32. The average molecular weight is 317 g/mol. The van der Waals surface area contributed by atoms with E-state index >= 15 is 0 Å². The first-order chi connectivity index (χ1) is 11.1. The quantitative estimate of drug-likeness (QED) is 0.942. The van der Waals surface area contributed by atoms with E-state index < -0.39 is 0 Å². The van der Waals surface area contributed by atoms with Crippen molar-refractivity contribution in [1.29, 1.82) is 0 Å². The van der Waals surface area contributed by atoms with Crippen LogP contribution in [0.5, 0.6) is 5.75 Å². The van der Waals surface area contributed by atoms with Crippen LogP contribution in [-0.4, -0.2) is 40.7 Å². The van der Waals surface area contributed by atoms with Gasteiger partial charge in [0.25, 0.3) is 5.91 Å². The maximum absolute atomic E-state index is 13.1. The Hall–Kier alpha value is -2.37. The van der Waals surface area contributed by atoms with Gasteiger partial charge in [0.1, 0.15) is 11.6 Å². The molecule has 1 N–H and O–H groups in total. The van der Waals surface area contributed by atoms with E-state index in [2.05, 4.69) is 17.1 Å². The largest absolute Gasteiger partial charge is 0.484 e. The number of hydrogen-bond donors (Lipinski definition) is 1. The maximum Gasteiger partial charge on any atom is 0.260 e. The first-order valence-electron chi connectivity index (χ1n) is 7.73. The number of carbonyl (C=O) groups excluding carboxylic acids is 1. The van der Waals surface area contributed by atoms with Crippen LogP contribution in [0.1, 0.15) is 25.5 Å². The van der Waals surface area contributed by atoms with Gasteiger partial charge in [-0.2, -0.15) is 5.10 Å². The first-order valence-corrected chi connectivity index (χ1v) is 7.73. The number of rotatable bonds is 4. The summed E-state index contributed by atoms with van der Waals surface area (Å²) in [6.45, 7) is 3.48. The summed E-state index contributed by atoms with van der Waals surface area (Å²) in [6, 6.07) is 7.81. The highest BCUT2D eigenvalue weighted by molar-refractivity contribution is 5.77. The van der Waals surface area contributed by atoms with Gasteiger partial charge in [-0.25, -0.2) is 4.39 Å². The van der Waals surface area contributed by atoms with Gasteiger partial charge < -0.3 is 9.64 Å². The summed E-state index contributed by atoms with van der Waals surface area (Å²) in [5.74, 6) is -0.0678. The van der Waals surface area contributed by atoms with E-state index in [0.717, 1.165) is 18.5 Å². The van der Waals surface area contributed by atoms with Crippen LogP contribution in [0.4, 0.5) is 4.39 Å². The number of H-pyrrole nitrogens is 1. The fourth-order valence-electron chi connectivity index (χ4n) is 2.90. The summed E-state index contributed by atoms with van der Waals surface area (Å²) >= 11 is 0. The van der Waals surface area contributed by atoms with E-state index in [9.17, 15) is 9.18 Å². The highest BCUT2D eigenvalue weighted by Gasteiger charge is 2.34. The molecule has 2 aromatic rings. The topological polar surface area (TPSA) is 58.2 Å². The average Bonchev–Trinajstić information content (AvgIpc) is 3.09. The third kappa shape index (κ3) is 3.52. The molecule has 23 heavy (non-hydrogen) atoms. The van der Waals surface area contributed by atoms with Gasteiger partial charge in [-0.15, -0.1) is 0 Å². The molecule has 1 saturated heterocycles. The van der Waals surface area contributed by atoms with Gasteiger partial charge in [0.05, 0.1) is 0 Å². The molecule has 0 saturated carbocycles. The zero-order chi connectivity index (χ0) is 16.3. The molecule has 1 amide bonds. The lowest BCUT2D eigenvalue weighted by atomic mass is 9.77. The number of aromatic nitrogens is 2. The number of nitrogens with one attached hydrogen (secondary N) is 1. The molecule has 0 bridgehead atoms. The van der Waals surface area contributed by atoms with Crippen LogP contribution < -0.4 is 4.74 Å². The third-order valence-corrected chi connectivity index (χ3v) is 4.53. The molecule has 6 heteroatoms. The minimum atomic E-state index is -0.372. The lowest BCUT2D eigenvalue weighted by Crippen LogP contribution is -2.45. The predicted octanol–water partition coefficient (Wildman–Crippen LogP) is 2.51. The Morgan fingerprint density at radius 3 is 2.83 bits per heavy atom. The number of benzene rings is 1. The lowest BCUT2D eigenvalue weighted by Gasteiger charge is -2.38. The number of amides is 1. The Morgan fingerprint density at radius 2 is 2.17 bits per heavy atom. The zero-order valence-corrected chi connectivity index (χ0v) is 13.1. The molecule has 1 aromatic heterocycles. The standard InChI is InChI=1S/C17H20FN3O2/c1-17(15-5-8-19-20-15)6-9-21(10-7-17)16(22)12-23-14-4-2-3-13(18)11-14/h2-5,8,11H,6-7,9-10,12H2,1H3,(H,19,20). The summed E-state index contributed by atoms with van der Waals surface area (Å²) < 4.78 is 18.5. The first kappa shape index (κ1) is 15.5. The minimum absolute atomic E-state index is 0.0245. The number of aromatic amines is 1. The number of carbonyl (C=O) groups is 1. The summed E-state index contributed by atoms with van der Waals surface area (Å²) in [4.78, 5) is 14.0. The number of nitrogens with zero attached hydrogens (tertiary/aromatic N) is 2. The van der Waals surface area contributed by atoms with Crippen LogP contribution in [0.2, 0.25) is 0 Å². The van der Waals surface area contributed by atoms with Crippen molar-refractivity contribution in [3.8, 4) is 5.75 Å². The van der Waals surface area contributed by atoms with Gasteiger partial charge in [0.2, 0.25) is 0 Å². The molecule has 2 heterocycles. The molecule has 122 valence electrons. The van der Waals surface area contributed by atoms with Gasteiger partial charge in [-0.05, 0) is 31.0 Å². The Balaban J connectivity index is 1.52. The third-order valence-electron chi connectivity index (χ3n) is 4.53. The van der Waals surface area contributed by atoms with E-state index in [1.807, 2.05) is 6.07 Å². The van der Waals surface area contributed by atoms with Crippen LogP contribution in [-0.2, 0) is 10.2 Å². The zero-order valence-electron chi connectivity index (χ0n) is 13.1. The van der Waals surface area contributed by atoms with Crippen LogP contribution in [0.3, 0.4) is 0 Å². The van der Waals surface area contributed by atoms with Crippen molar-refractivity contribution in [2.24, 2.45) is 0 Å². The van der Waals surface area contributed by atoms with E-state index in [4.69, 9.17) is 4.74 Å². The van der Waals surface area contributed by atoms with Crippen LogP contribution >= 0.6 is 0 Å². The van der Waals surface area contributed by atoms with Crippen LogP contribution in [0.25, 0.3) is 0 Å². The maximum atomic E-state index is 13.1. The fourth-order valence-corrected chi connectivity index (χ4v) is 2.90. The molecule has 0 radical (unpaired) electrons. The van der Waals surface area contributed by atoms with Crippen molar-refractivity contribution < 1.29 is 13.9 Å². The number of piperidine rings is 1. The second-order valence-electron chi connectivity index (χ2n) is 6.16. The number of likely N-dealkylation sites (tertiary alicyclic amines) is 1. The van der Waals surface area contributed by atoms with Gasteiger partial charge in [-0.1, -0.05) is 13.0 Å². The molecule has 0 aliphatic carbocycles. The second kappa shape index (κ2) is 6.40. The van der Waals surface area contributed by atoms with Gasteiger partial charge in [0, 0.05) is 36.5 Å². The van der Waals surface area contributed by atoms with E-state index in [1.54, 1.807) is 23.2 Å². The summed E-state index contributed by atoms with van der Waals surface area (Å²) in [5.41, 5.74) is 1.14. The number of hydrogen-bond acceptors (Lipinski definition) is 3. The lowest BCUT2D eigenvalue weighted by molar-refractivity contribution is -0.134. The van der Waals surface area contributed by atoms with Crippen molar-refractivity contribution >= 4 is 5.91 Å². The van der Waals surface area contributed by atoms with E-state index in [1.165, 1.54) is 12.1 Å². The molecular formula is C17H20FN3O2. The normalized spacial score (nSPS) is 17.0. The van der Waals surface area contributed by atoms with Crippen LogP contribution in [0, 0.1) is 5.82 Å². The summed E-state index contributed by atoms with van der Waals surface area (Å²) in [5, 5.41) is 7.04. The smallest absolute Gasteiger partial charge is 0.260 e. The van der Waals surface area contributed by atoms with Gasteiger partial charge in [-0.3, -0.25) is 9.89 Å². The Labute approximate surface area is 134 Å². The van der Waals surface area contributed by atoms with Crippen molar-refractivity contribution in [3.05, 3.63) is 48.0 Å². The monoisotopic (exact) mass is 317 g/mol. The Bertz CT molecular complexity index is 664. The van der Waals surface area contributed by atoms with E-state index in [-0.39, 0.29) is 23.7 Å². The highest BCUT2D eigenvalue weighted by Crippen LogP contribution is 2.33. The molecule has 5 nitrogen and oxygen atoms in total. The molecule has 3 rings (SSSR count). The fraction of sp³-hybridized carbons (Fsp3) is 0.412. The Morgan fingerprint density at radius 1 is 1.39 bits per heavy atom. The van der Waals surface area contributed by atoms with Gasteiger partial charge >= 0.3 is 0 Å². The molecule has 1 aliphatic heterocycles. The van der Waals surface area contributed by atoms with Crippen molar-refractivity contribution in [1.82, 2.24) is 15.1 Å². The SMILES string of the molecule is CC1(c2ccn[nH]2)CCN(C(=O)COc2cccc(F)c2)CC1. The van der Waals surface area contributed by atoms with Crippen molar-refractivity contribution in [2.45, 2.75) is 25.2 Å². The number of ether oxygens (including phenoxy) is 1. The molecule has 0 unspecified atom stereocenters. The second-order valence-corrected chi connectivity index (χ2v) is 6.16. The summed E-state index contributed by atoms with van der Waals surface area (Å²) in [7, 11) is 0. The highest BCUT2D eigenvalue weighted by atomic mass is 19.1. The minimum Gasteiger partial charge on any atom is -0.484 e. The molecule has 1 aromatic carbocycles. The predicted molar refractivity (Wildman–Crippen MR) is 83.6 cm³/mol. The molecular weight excluding hydrogens is 297 g/mol. The molecule has 1 fully saturated rings. The van der Waals surface area contributed by atoms with Gasteiger partial charge in [0.15, 0.2) is 6.61 Å². The summed E-state index contributed by atoms with van der Waals surface area (Å²) in [6.07, 6.45) is 3.51. The number of halogens is 1. The molecule has 1 aliphatic rings. The van der Waals surface area contributed by atoms with Crippen molar-refractivity contribution in [2.75, 3.05) is 19.7 Å². The molecule has 0 atom stereocenters. The molecule has 0 spiro atoms. The van der Waals surface area contributed by atoms with E-state index in [0.29, 0.717) is 18.8 Å². The van der Waals surface area contributed by atoms with Crippen molar-refractivity contribution in [3.63, 3.8) is 0 Å².